The van der Waals surface area contributed by atoms with E-state index in [1.165, 1.54) is 0 Å². The van der Waals surface area contributed by atoms with Crippen LogP contribution in [-0.4, -0.2) is 37.7 Å². The van der Waals surface area contributed by atoms with E-state index in [4.69, 9.17) is 4.52 Å². The molecule has 1 saturated heterocycles. The quantitative estimate of drug-likeness (QED) is 0.588. The van der Waals surface area contributed by atoms with Crippen molar-refractivity contribution < 1.29 is 9.32 Å². The summed E-state index contributed by atoms with van der Waals surface area (Å²) >= 11 is 0. The van der Waals surface area contributed by atoms with Crippen LogP contribution >= 0.6 is 0 Å². The molecule has 4 aromatic rings. The number of H-pyrrole nitrogens is 1. The van der Waals surface area contributed by atoms with Gasteiger partial charge in [-0.25, -0.2) is 0 Å². The van der Waals surface area contributed by atoms with Crippen molar-refractivity contribution in [3.8, 4) is 11.4 Å². The minimum Gasteiger partial charge on any atom is -0.337 e. The summed E-state index contributed by atoms with van der Waals surface area (Å²) in [4.78, 5) is 19.6. The Kier molecular flexibility index (Phi) is 3.93. The largest absolute Gasteiger partial charge is 0.337 e. The Bertz CT molecular complexity index is 1150. The number of aromatic nitrogens is 4. The predicted molar refractivity (Wildman–Crippen MR) is 104 cm³/mol. The lowest BCUT2D eigenvalue weighted by Crippen LogP contribution is -2.31. The normalized spacial score (nSPS) is 16.8. The molecule has 7 heteroatoms. The molecular weight excluding hydrogens is 354 g/mol. The Hall–Kier alpha value is -3.48. The second kappa shape index (κ2) is 6.60. The van der Waals surface area contributed by atoms with Crippen molar-refractivity contribution in [1.82, 2.24) is 25.2 Å². The lowest BCUT2D eigenvalue weighted by atomic mass is 10.1. The standard InChI is InChI=1S/C21H19N5O2/c1-13-9-10-16-15(12-13)18(24-23-16)21(27)26-11-5-8-17(26)20-22-19(25-28-20)14-6-3-2-4-7-14/h2-4,6-7,9-10,12,17H,5,8,11H2,1H3,(H,23,24)/t17-/m1/s1. The molecule has 1 aliphatic heterocycles. The van der Waals surface area contributed by atoms with Gasteiger partial charge >= 0.3 is 0 Å². The van der Waals surface area contributed by atoms with Gasteiger partial charge in [-0.2, -0.15) is 10.1 Å². The molecule has 2 aromatic carbocycles. The molecule has 1 atom stereocenters. The number of amides is 1. The highest BCUT2D eigenvalue weighted by Crippen LogP contribution is 2.34. The van der Waals surface area contributed by atoms with Gasteiger partial charge in [0, 0.05) is 17.5 Å². The van der Waals surface area contributed by atoms with E-state index in [0.29, 0.717) is 24.0 Å². The molecule has 2 aromatic heterocycles. The SMILES string of the molecule is Cc1ccc2[nH]nc(C(=O)N3CCC[C@@H]3c3nc(-c4ccccc4)no3)c2c1. The number of aromatic amines is 1. The molecule has 1 N–H and O–H groups in total. The number of nitrogens with zero attached hydrogens (tertiary/aromatic N) is 4. The van der Waals surface area contributed by atoms with E-state index in [1.54, 1.807) is 4.90 Å². The molecular formula is C21H19N5O2. The van der Waals surface area contributed by atoms with E-state index in [-0.39, 0.29) is 11.9 Å². The third-order valence-electron chi connectivity index (χ3n) is 5.19. The molecule has 28 heavy (non-hydrogen) atoms. The third kappa shape index (κ3) is 2.76. The van der Waals surface area contributed by atoms with Crippen LogP contribution in [0.5, 0.6) is 0 Å². The van der Waals surface area contributed by atoms with Crippen molar-refractivity contribution in [2.24, 2.45) is 0 Å². The first-order valence-corrected chi connectivity index (χ1v) is 9.35. The molecule has 140 valence electrons. The number of aryl methyl sites for hydroxylation is 1. The Balaban J connectivity index is 1.46. The highest BCUT2D eigenvalue weighted by atomic mass is 16.5. The van der Waals surface area contributed by atoms with Gasteiger partial charge in [-0.15, -0.1) is 0 Å². The summed E-state index contributed by atoms with van der Waals surface area (Å²) in [5.74, 6) is 0.898. The topological polar surface area (TPSA) is 87.9 Å². The number of fused-ring (bicyclic) bond motifs is 1. The highest BCUT2D eigenvalue weighted by molar-refractivity contribution is 6.05. The monoisotopic (exact) mass is 373 g/mol. The molecule has 0 bridgehead atoms. The maximum Gasteiger partial charge on any atom is 0.275 e. The third-order valence-corrected chi connectivity index (χ3v) is 5.19. The van der Waals surface area contributed by atoms with Crippen LogP contribution in [0.2, 0.25) is 0 Å². The first kappa shape index (κ1) is 16.7. The van der Waals surface area contributed by atoms with Gasteiger partial charge in [0.05, 0.1) is 5.52 Å². The maximum atomic E-state index is 13.2. The van der Waals surface area contributed by atoms with Crippen LogP contribution in [0, 0.1) is 6.92 Å². The Morgan fingerprint density at radius 1 is 1.21 bits per heavy atom. The molecule has 0 spiro atoms. The van der Waals surface area contributed by atoms with Crippen molar-refractivity contribution >= 4 is 16.8 Å². The van der Waals surface area contributed by atoms with Crippen LogP contribution in [0.25, 0.3) is 22.3 Å². The minimum absolute atomic E-state index is 0.112. The van der Waals surface area contributed by atoms with Crippen LogP contribution in [-0.2, 0) is 0 Å². The molecule has 3 heterocycles. The minimum atomic E-state index is -0.228. The van der Waals surface area contributed by atoms with Gasteiger partial charge in [0.1, 0.15) is 6.04 Å². The smallest absolute Gasteiger partial charge is 0.275 e. The lowest BCUT2D eigenvalue weighted by Gasteiger charge is -2.20. The zero-order chi connectivity index (χ0) is 19.1. The van der Waals surface area contributed by atoms with Crippen LogP contribution in [0.3, 0.4) is 0 Å². The summed E-state index contributed by atoms with van der Waals surface area (Å²) in [5, 5.41) is 12.2. The van der Waals surface area contributed by atoms with Crippen molar-refractivity contribution in [2.45, 2.75) is 25.8 Å². The number of benzene rings is 2. The van der Waals surface area contributed by atoms with Gasteiger partial charge < -0.3 is 9.42 Å². The first-order chi connectivity index (χ1) is 13.7. The van der Waals surface area contributed by atoms with Crippen molar-refractivity contribution in [1.29, 1.82) is 0 Å². The van der Waals surface area contributed by atoms with Crippen LogP contribution in [0.15, 0.2) is 53.1 Å². The zero-order valence-electron chi connectivity index (χ0n) is 15.4. The number of nitrogens with one attached hydrogen (secondary N) is 1. The second-order valence-corrected chi connectivity index (χ2v) is 7.10. The van der Waals surface area contributed by atoms with E-state index >= 15 is 0 Å². The summed E-state index contributed by atoms with van der Waals surface area (Å²) in [6, 6.07) is 15.4. The summed E-state index contributed by atoms with van der Waals surface area (Å²) < 4.78 is 5.52. The van der Waals surface area contributed by atoms with E-state index in [9.17, 15) is 4.79 Å². The van der Waals surface area contributed by atoms with Gasteiger partial charge in [-0.05, 0) is 31.9 Å². The number of hydrogen-bond acceptors (Lipinski definition) is 5. The number of carbonyl (C=O) groups excluding carboxylic acids is 1. The average molecular weight is 373 g/mol. The molecule has 7 nitrogen and oxygen atoms in total. The number of carbonyl (C=O) groups is 1. The van der Waals surface area contributed by atoms with E-state index < -0.39 is 0 Å². The Morgan fingerprint density at radius 3 is 2.93 bits per heavy atom. The van der Waals surface area contributed by atoms with E-state index in [0.717, 1.165) is 34.9 Å². The number of likely N-dealkylation sites (tertiary alicyclic amines) is 1. The summed E-state index contributed by atoms with van der Waals surface area (Å²) in [5.41, 5.74) is 3.27. The van der Waals surface area contributed by atoms with Crippen molar-refractivity contribution in [2.75, 3.05) is 6.54 Å². The van der Waals surface area contributed by atoms with Gasteiger partial charge in [-0.1, -0.05) is 47.1 Å². The molecule has 0 saturated carbocycles. The number of hydrogen-bond donors (Lipinski definition) is 1. The van der Waals surface area contributed by atoms with Gasteiger partial charge in [0.25, 0.3) is 5.91 Å². The maximum absolute atomic E-state index is 13.2. The molecule has 1 amide bonds. The fraction of sp³-hybridized carbons (Fsp3) is 0.238. The van der Waals surface area contributed by atoms with Gasteiger partial charge in [-0.3, -0.25) is 9.89 Å². The Morgan fingerprint density at radius 2 is 2.07 bits per heavy atom. The summed E-state index contributed by atoms with van der Waals surface area (Å²) in [6.07, 6.45) is 1.68. The zero-order valence-corrected chi connectivity index (χ0v) is 15.4. The van der Waals surface area contributed by atoms with Gasteiger partial charge in [0.15, 0.2) is 5.69 Å². The molecule has 1 aliphatic rings. The fourth-order valence-corrected chi connectivity index (χ4v) is 3.77. The number of rotatable bonds is 3. The van der Waals surface area contributed by atoms with Crippen LogP contribution in [0.1, 0.15) is 40.8 Å². The average Bonchev–Trinajstić information content (AvgIpc) is 3.46. The first-order valence-electron chi connectivity index (χ1n) is 9.35. The van der Waals surface area contributed by atoms with Crippen LogP contribution in [0.4, 0.5) is 0 Å². The second-order valence-electron chi connectivity index (χ2n) is 7.10. The van der Waals surface area contributed by atoms with Gasteiger partial charge in [0.2, 0.25) is 11.7 Å². The molecule has 5 rings (SSSR count). The summed E-state index contributed by atoms with van der Waals surface area (Å²) in [7, 11) is 0. The Labute approximate surface area is 161 Å². The summed E-state index contributed by atoms with van der Waals surface area (Å²) in [6.45, 7) is 2.65. The highest BCUT2D eigenvalue weighted by Gasteiger charge is 2.36. The van der Waals surface area contributed by atoms with Crippen molar-refractivity contribution in [3.05, 3.63) is 65.7 Å². The van der Waals surface area contributed by atoms with E-state index in [1.807, 2.05) is 55.5 Å². The predicted octanol–water partition coefficient (Wildman–Crippen LogP) is 3.90. The van der Waals surface area contributed by atoms with Crippen molar-refractivity contribution in [3.63, 3.8) is 0 Å². The molecule has 0 unspecified atom stereocenters. The molecule has 1 fully saturated rings. The molecule has 0 radical (unpaired) electrons. The van der Waals surface area contributed by atoms with Crippen LogP contribution < -0.4 is 0 Å². The van der Waals surface area contributed by atoms with E-state index in [2.05, 4.69) is 20.3 Å². The molecule has 0 aliphatic carbocycles. The lowest BCUT2D eigenvalue weighted by molar-refractivity contribution is 0.0706. The fourth-order valence-electron chi connectivity index (χ4n) is 3.77.